The van der Waals surface area contributed by atoms with Crippen LogP contribution in [0.25, 0.3) is 0 Å². The summed E-state index contributed by atoms with van der Waals surface area (Å²) in [5.74, 6) is 4.35. The molecule has 0 heterocycles. The van der Waals surface area contributed by atoms with Crippen LogP contribution in [-0.2, 0) is 6.42 Å². The molecule has 3 aliphatic rings. The standard InChI is InChI=1S/C21H31NO/c1-4-23-20-12-17-14(11-19(20)22)6-7-16-15(17)9-10-21(3)13(2)5-8-18(16)21/h11-13,15-16,18H,4-10,22H2,1-3H3/t13?,15?,16?,18?,21-/m1/s1. The highest BCUT2D eigenvalue weighted by Crippen LogP contribution is 2.63. The molecule has 1 aromatic rings. The molecule has 4 unspecified atom stereocenters. The predicted molar refractivity (Wildman–Crippen MR) is 95.8 cm³/mol. The van der Waals surface area contributed by atoms with E-state index in [-0.39, 0.29) is 0 Å². The number of aryl methyl sites for hydroxylation is 1. The molecule has 1 aromatic carbocycles. The quantitative estimate of drug-likeness (QED) is 0.765. The lowest BCUT2D eigenvalue weighted by molar-refractivity contribution is 0.0336. The Morgan fingerprint density at radius 3 is 2.83 bits per heavy atom. The Hall–Kier alpha value is -1.18. The monoisotopic (exact) mass is 313 g/mol. The van der Waals surface area contributed by atoms with E-state index in [4.69, 9.17) is 10.5 Å². The van der Waals surface area contributed by atoms with Gasteiger partial charge in [0.1, 0.15) is 5.75 Å². The van der Waals surface area contributed by atoms with Crippen LogP contribution in [0.15, 0.2) is 12.1 Å². The highest BCUT2D eigenvalue weighted by molar-refractivity contribution is 5.58. The van der Waals surface area contributed by atoms with E-state index in [2.05, 4.69) is 26.0 Å². The largest absolute Gasteiger partial charge is 0.492 e. The van der Waals surface area contributed by atoms with Crippen molar-refractivity contribution in [1.29, 1.82) is 0 Å². The predicted octanol–water partition coefficient (Wildman–Crippen LogP) is 5.16. The minimum absolute atomic E-state index is 0.592. The summed E-state index contributed by atoms with van der Waals surface area (Å²) in [6.07, 6.45) is 8.19. The molecule has 4 rings (SSSR count). The number of benzene rings is 1. The lowest BCUT2D eigenvalue weighted by Gasteiger charge is -2.50. The van der Waals surface area contributed by atoms with Gasteiger partial charge in [0.2, 0.25) is 0 Å². The van der Waals surface area contributed by atoms with Crippen molar-refractivity contribution in [3.8, 4) is 5.75 Å². The van der Waals surface area contributed by atoms with Crippen molar-refractivity contribution in [3.63, 3.8) is 0 Å². The normalized spacial score (nSPS) is 38.6. The molecule has 126 valence electrons. The van der Waals surface area contributed by atoms with Gasteiger partial charge in [0.05, 0.1) is 12.3 Å². The summed E-state index contributed by atoms with van der Waals surface area (Å²) < 4.78 is 5.78. The van der Waals surface area contributed by atoms with Crippen LogP contribution in [-0.4, -0.2) is 6.61 Å². The maximum atomic E-state index is 6.20. The number of nitrogens with two attached hydrogens (primary N) is 1. The van der Waals surface area contributed by atoms with Gasteiger partial charge in [-0.05, 0) is 97.8 Å². The third-order valence-corrected chi connectivity index (χ3v) is 7.63. The minimum Gasteiger partial charge on any atom is -0.492 e. The zero-order chi connectivity index (χ0) is 16.2. The second-order valence-electron chi connectivity index (χ2n) is 8.46. The number of ether oxygens (including phenoxy) is 1. The molecule has 5 atom stereocenters. The maximum absolute atomic E-state index is 6.20. The molecule has 2 N–H and O–H groups in total. The zero-order valence-corrected chi connectivity index (χ0v) is 14.9. The molecule has 0 spiro atoms. The molecule has 23 heavy (non-hydrogen) atoms. The molecule has 0 saturated heterocycles. The lowest BCUT2D eigenvalue weighted by Crippen LogP contribution is -2.41. The first kappa shape index (κ1) is 15.4. The van der Waals surface area contributed by atoms with E-state index in [0.717, 1.165) is 35.1 Å². The van der Waals surface area contributed by atoms with Crippen molar-refractivity contribution in [3.05, 3.63) is 23.3 Å². The van der Waals surface area contributed by atoms with E-state index in [1.165, 1.54) is 44.1 Å². The Morgan fingerprint density at radius 1 is 1.22 bits per heavy atom. The minimum atomic E-state index is 0.592. The summed E-state index contributed by atoms with van der Waals surface area (Å²) in [5.41, 5.74) is 10.7. The average molecular weight is 313 g/mol. The highest BCUT2D eigenvalue weighted by Gasteiger charge is 2.53. The van der Waals surface area contributed by atoms with Crippen molar-refractivity contribution in [2.75, 3.05) is 12.3 Å². The topological polar surface area (TPSA) is 35.2 Å². The third-order valence-electron chi connectivity index (χ3n) is 7.63. The number of rotatable bonds is 2. The first-order valence-electron chi connectivity index (χ1n) is 9.59. The molecule has 0 aromatic heterocycles. The van der Waals surface area contributed by atoms with Crippen LogP contribution >= 0.6 is 0 Å². The van der Waals surface area contributed by atoms with Crippen molar-refractivity contribution in [1.82, 2.24) is 0 Å². The van der Waals surface area contributed by atoms with Gasteiger partial charge in [0.25, 0.3) is 0 Å². The van der Waals surface area contributed by atoms with E-state index >= 15 is 0 Å². The van der Waals surface area contributed by atoms with Crippen LogP contribution < -0.4 is 10.5 Å². The van der Waals surface area contributed by atoms with E-state index in [0.29, 0.717) is 12.0 Å². The average Bonchev–Trinajstić information content (AvgIpc) is 2.84. The molecule has 2 saturated carbocycles. The van der Waals surface area contributed by atoms with Gasteiger partial charge in [-0.2, -0.15) is 0 Å². The molecule has 2 heteroatoms. The molecular formula is C21H31NO. The lowest BCUT2D eigenvalue weighted by atomic mass is 9.54. The molecule has 2 fully saturated rings. The summed E-state index contributed by atoms with van der Waals surface area (Å²) >= 11 is 0. The summed E-state index contributed by atoms with van der Waals surface area (Å²) in [6.45, 7) is 7.80. The van der Waals surface area contributed by atoms with Crippen LogP contribution in [0.3, 0.4) is 0 Å². The molecule has 0 amide bonds. The van der Waals surface area contributed by atoms with Gasteiger partial charge in [-0.25, -0.2) is 0 Å². The van der Waals surface area contributed by atoms with Gasteiger partial charge in [-0.15, -0.1) is 0 Å². The second-order valence-corrected chi connectivity index (χ2v) is 8.46. The van der Waals surface area contributed by atoms with Crippen LogP contribution in [0.4, 0.5) is 5.69 Å². The number of anilines is 1. The van der Waals surface area contributed by atoms with Crippen molar-refractivity contribution >= 4 is 5.69 Å². The Morgan fingerprint density at radius 2 is 2.04 bits per heavy atom. The fourth-order valence-corrected chi connectivity index (χ4v) is 6.16. The van der Waals surface area contributed by atoms with Crippen LogP contribution in [0.5, 0.6) is 5.75 Å². The Balaban J connectivity index is 1.70. The van der Waals surface area contributed by atoms with Gasteiger partial charge in [0.15, 0.2) is 0 Å². The molecule has 0 radical (unpaired) electrons. The van der Waals surface area contributed by atoms with Crippen LogP contribution in [0.1, 0.15) is 69.9 Å². The van der Waals surface area contributed by atoms with Crippen molar-refractivity contribution < 1.29 is 4.74 Å². The van der Waals surface area contributed by atoms with Gasteiger partial charge in [0, 0.05) is 0 Å². The smallest absolute Gasteiger partial charge is 0.142 e. The fraction of sp³-hybridized carbons (Fsp3) is 0.714. The number of hydrogen-bond donors (Lipinski definition) is 1. The number of hydrogen-bond acceptors (Lipinski definition) is 2. The molecule has 0 bridgehead atoms. The van der Waals surface area contributed by atoms with Gasteiger partial charge >= 0.3 is 0 Å². The molecule has 3 aliphatic carbocycles. The molecule has 2 nitrogen and oxygen atoms in total. The van der Waals surface area contributed by atoms with E-state index < -0.39 is 0 Å². The van der Waals surface area contributed by atoms with Crippen LogP contribution in [0.2, 0.25) is 0 Å². The Kier molecular flexibility index (Phi) is 3.62. The summed E-state index contributed by atoms with van der Waals surface area (Å²) in [6, 6.07) is 4.48. The first-order chi connectivity index (χ1) is 11.0. The Bertz CT molecular complexity index is 610. The van der Waals surface area contributed by atoms with Gasteiger partial charge < -0.3 is 10.5 Å². The summed E-state index contributed by atoms with van der Waals surface area (Å²) in [5, 5.41) is 0. The fourth-order valence-electron chi connectivity index (χ4n) is 6.16. The van der Waals surface area contributed by atoms with E-state index in [1.54, 1.807) is 5.56 Å². The summed E-state index contributed by atoms with van der Waals surface area (Å²) in [4.78, 5) is 0. The van der Waals surface area contributed by atoms with Crippen LogP contribution in [0, 0.1) is 23.2 Å². The number of nitrogen functional groups attached to an aromatic ring is 1. The second kappa shape index (κ2) is 5.43. The van der Waals surface area contributed by atoms with E-state index in [9.17, 15) is 0 Å². The van der Waals surface area contributed by atoms with Crippen molar-refractivity contribution in [2.45, 2.75) is 65.2 Å². The van der Waals surface area contributed by atoms with Gasteiger partial charge in [-0.1, -0.05) is 13.8 Å². The molecule has 0 aliphatic heterocycles. The Labute approximate surface area is 140 Å². The maximum Gasteiger partial charge on any atom is 0.142 e. The zero-order valence-electron chi connectivity index (χ0n) is 14.9. The third kappa shape index (κ3) is 2.21. The molecular weight excluding hydrogens is 282 g/mol. The van der Waals surface area contributed by atoms with E-state index in [1.807, 2.05) is 6.92 Å². The SMILES string of the molecule is CCOc1cc2c(cc1N)CCC1C2CC[C@]2(C)C(C)CCC12. The highest BCUT2D eigenvalue weighted by atomic mass is 16.5. The van der Waals surface area contributed by atoms with Crippen molar-refractivity contribution in [2.24, 2.45) is 23.2 Å². The number of fused-ring (bicyclic) bond motifs is 5. The van der Waals surface area contributed by atoms with Gasteiger partial charge in [-0.3, -0.25) is 0 Å². The first-order valence-corrected chi connectivity index (χ1v) is 9.59. The summed E-state index contributed by atoms with van der Waals surface area (Å²) in [7, 11) is 0.